The van der Waals surface area contributed by atoms with Gasteiger partial charge in [0.15, 0.2) is 0 Å². The van der Waals surface area contributed by atoms with Crippen LogP contribution in [-0.4, -0.2) is 20.1 Å². The first-order chi connectivity index (χ1) is 10.4. The second-order valence-electron chi connectivity index (χ2n) is 5.36. The number of sulfonamides is 1. The lowest BCUT2D eigenvalue weighted by atomic mass is 10.1. The Morgan fingerprint density at radius 2 is 1.73 bits per heavy atom. The molecule has 0 saturated carbocycles. The third-order valence-electron chi connectivity index (χ3n) is 3.68. The van der Waals surface area contributed by atoms with Crippen molar-refractivity contribution in [1.29, 1.82) is 0 Å². The highest BCUT2D eigenvalue weighted by atomic mass is 32.2. The Kier molecular flexibility index (Phi) is 5.34. The van der Waals surface area contributed by atoms with Gasteiger partial charge >= 0.3 is 0 Å². The molecule has 0 fully saturated rings. The number of hydrogen-bond acceptors (Lipinski definition) is 3. The Balaban J connectivity index is 1.97. The van der Waals surface area contributed by atoms with Crippen LogP contribution in [0.25, 0.3) is 0 Å². The minimum Gasteiger partial charge on any atom is -0.388 e. The molecule has 2 aromatic carbocycles. The Bertz CT molecular complexity index is 727. The van der Waals surface area contributed by atoms with Gasteiger partial charge in [-0.15, -0.1) is 0 Å². The van der Waals surface area contributed by atoms with E-state index in [1.807, 2.05) is 44.2 Å². The lowest BCUT2D eigenvalue weighted by Crippen LogP contribution is -2.26. The first-order valence-electron chi connectivity index (χ1n) is 7.20. The molecular weight excluding hydrogens is 298 g/mol. The van der Waals surface area contributed by atoms with Gasteiger partial charge in [0.05, 0.1) is 11.0 Å². The summed E-state index contributed by atoms with van der Waals surface area (Å²) < 4.78 is 27.0. The average molecular weight is 319 g/mol. The molecule has 0 saturated heterocycles. The highest BCUT2D eigenvalue weighted by molar-refractivity contribution is 7.89. The summed E-state index contributed by atoms with van der Waals surface area (Å²) in [6, 6.07) is 14.3. The fourth-order valence-electron chi connectivity index (χ4n) is 2.14. The first kappa shape index (κ1) is 16.7. The topological polar surface area (TPSA) is 66.4 Å². The number of aliphatic hydroxyl groups is 1. The van der Waals surface area contributed by atoms with E-state index >= 15 is 0 Å². The van der Waals surface area contributed by atoms with E-state index in [2.05, 4.69) is 4.72 Å². The van der Waals surface area contributed by atoms with Gasteiger partial charge in [0.2, 0.25) is 10.0 Å². The molecule has 5 heteroatoms. The third-order valence-corrected chi connectivity index (χ3v) is 5.14. The lowest BCUT2D eigenvalue weighted by Gasteiger charge is -2.12. The van der Waals surface area contributed by atoms with Gasteiger partial charge in [-0.05, 0) is 49.1 Å². The van der Waals surface area contributed by atoms with Crippen LogP contribution in [0, 0.1) is 13.8 Å². The van der Waals surface area contributed by atoms with Crippen molar-refractivity contribution in [3.8, 4) is 0 Å². The van der Waals surface area contributed by atoms with Crippen LogP contribution in [0.1, 0.15) is 29.2 Å². The summed E-state index contributed by atoms with van der Waals surface area (Å²) >= 11 is 0. The molecule has 1 unspecified atom stereocenters. The fourth-order valence-corrected chi connectivity index (χ4v) is 3.27. The fraction of sp³-hybridized carbons (Fsp3) is 0.294. The third kappa shape index (κ3) is 4.16. The lowest BCUT2D eigenvalue weighted by molar-refractivity contribution is 0.169. The largest absolute Gasteiger partial charge is 0.388 e. The zero-order chi connectivity index (χ0) is 16.2. The maximum atomic E-state index is 12.2. The van der Waals surface area contributed by atoms with Crippen LogP contribution in [-0.2, 0) is 10.0 Å². The van der Waals surface area contributed by atoms with Crippen LogP contribution in [0.15, 0.2) is 53.4 Å². The standard InChI is InChI=1S/C17H21NO3S/c1-13-8-9-16(12-14(13)2)22(20,21)18-11-10-17(19)15-6-4-3-5-7-15/h3-9,12,17-19H,10-11H2,1-2H3. The van der Waals surface area contributed by atoms with Gasteiger partial charge in [0.25, 0.3) is 0 Å². The highest BCUT2D eigenvalue weighted by Gasteiger charge is 2.15. The van der Waals surface area contributed by atoms with E-state index in [0.717, 1.165) is 16.7 Å². The number of rotatable bonds is 6. The minimum atomic E-state index is -3.54. The van der Waals surface area contributed by atoms with Crippen molar-refractivity contribution in [3.63, 3.8) is 0 Å². The molecule has 2 rings (SSSR count). The van der Waals surface area contributed by atoms with Gasteiger partial charge in [-0.2, -0.15) is 0 Å². The molecule has 118 valence electrons. The summed E-state index contributed by atoms with van der Waals surface area (Å²) in [5, 5.41) is 10.0. The van der Waals surface area contributed by atoms with Crippen LogP contribution >= 0.6 is 0 Å². The maximum absolute atomic E-state index is 12.2. The molecule has 0 aliphatic carbocycles. The van der Waals surface area contributed by atoms with Gasteiger partial charge in [0, 0.05) is 6.54 Å². The number of aliphatic hydroxyl groups excluding tert-OH is 1. The summed E-state index contributed by atoms with van der Waals surface area (Å²) in [7, 11) is -3.54. The zero-order valence-electron chi connectivity index (χ0n) is 12.8. The second-order valence-corrected chi connectivity index (χ2v) is 7.13. The Labute approximate surface area is 131 Å². The van der Waals surface area contributed by atoms with Crippen LogP contribution in [0.2, 0.25) is 0 Å². The van der Waals surface area contributed by atoms with Gasteiger partial charge in [-0.25, -0.2) is 13.1 Å². The monoisotopic (exact) mass is 319 g/mol. The van der Waals surface area contributed by atoms with E-state index in [1.165, 1.54) is 0 Å². The molecular formula is C17H21NO3S. The normalized spacial score (nSPS) is 13.0. The van der Waals surface area contributed by atoms with Gasteiger partial charge in [-0.1, -0.05) is 36.4 Å². The predicted molar refractivity (Wildman–Crippen MR) is 87.1 cm³/mol. The summed E-state index contributed by atoms with van der Waals surface area (Å²) in [6.45, 7) is 4.01. The molecule has 0 amide bonds. The molecule has 4 nitrogen and oxygen atoms in total. The summed E-state index contributed by atoms with van der Waals surface area (Å²) in [5.41, 5.74) is 2.78. The molecule has 2 N–H and O–H groups in total. The molecule has 2 aromatic rings. The van der Waals surface area contributed by atoms with Crippen molar-refractivity contribution >= 4 is 10.0 Å². The van der Waals surface area contributed by atoms with Crippen LogP contribution in [0.3, 0.4) is 0 Å². The molecule has 22 heavy (non-hydrogen) atoms. The number of benzene rings is 2. The Morgan fingerprint density at radius 1 is 1.05 bits per heavy atom. The number of hydrogen-bond donors (Lipinski definition) is 2. The molecule has 0 spiro atoms. The van der Waals surface area contributed by atoms with Crippen LogP contribution < -0.4 is 4.72 Å². The SMILES string of the molecule is Cc1ccc(S(=O)(=O)NCCC(O)c2ccccc2)cc1C. The van der Waals surface area contributed by atoms with Crippen LogP contribution in [0.4, 0.5) is 0 Å². The van der Waals surface area contributed by atoms with E-state index < -0.39 is 16.1 Å². The van der Waals surface area contributed by atoms with Crippen molar-refractivity contribution in [1.82, 2.24) is 4.72 Å². The zero-order valence-corrected chi connectivity index (χ0v) is 13.6. The average Bonchev–Trinajstić information content (AvgIpc) is 2.50. The van der Waals surface area contributed by atoms with Crippen molar-refractivity contribution in [2.24, 2.45) is 0 Å². The molecule has 0 aliphatic rings. The van der Waals surface area contributed by atoms with E-state index in [1.54, 1.807) is 18.2 Å². The van der Waals surface area contributed by atoms with E-state index in [-0.39, 0.29) is 11.4 Å². The van der Waals surface area contributed by atoms with E-state index in [4.69, 9.17) is 0 Å². The maximum Gasteiger partial charge on any atom is 0.240 e. The molecule has 0 aromatic heterocycles. The number of aryl methyl sites for hydroxylation is 2. The second kappa shape index (κ2) is 7.05. The molecule has 0 heterocycles. The highest BCUT2D eigenvalue weighted by Crippen LogP contribution is 2.17. The van der Waals surface area contributed by atoms with Crippen molar-refractivity contribution in [2.75, 3.05) is 6.54 Å². The molecule has 1 atom stereocenters. The smallest absolute Gasteiger partial charge is 0.240 e. The summed E-state index contributed by atoms with van der Waals surface area (Å²) in [4.78, 5) is 0.254. The Morgan fingerprint density at radius 3 is 2.36 bits per heavy atom. The number of nitrogens with one attached hydrogen (secondary N) is 1. The minimum absolute atomic E-state index is 0.186. The first-order valence-corrected chi connectivity index (χ1v) is 8.68. The van der Waals surface area contributed by atoms with Gasteiger partial charge in [-0.3, -0.25) is 0 Å². The molecule has 0 bridgehead atoms. The molecule has 0 radical (unpaired) electrons. The molecule has 0 aliphatic heterocycles. The van der Waals surface area contributed by atoms with Crippen molar-refractivity contribution < 1.29 is 13.5 Å². The summed E-state index contributed by atoms with van der Waals surface area (Å²) in [6.07, 6.45) is -0.350. The van der Waals surface area contributed by atoms with Crippen molar-refractivity contribution in [3.05, 3.63) is 65.2 Å². The van der Waals surface area contributed by atoms with Crippen LogP contribution in [0.5, 0.6) is 0 Å². The van der Waals surface area contributed by atoms with Crippen molar-refractivity contribution in [2.45, 2.75) is 31.3 Å². The predicted octanol–water partition coefficient (Wildman–Crippen LogP) is 2.71. The van der Waals surface area contributed by atoms with E-state index in [0.29, 0.717) is 6.42 Å². The van der Waals surface area contributed by atoms with E-state index in [9.17, 15) is 13.5 Å². The Hall–Kier alpha value is -1.69. The quantitative estimate of drug-likeness (QED) is 0.860. The van der Waals surface area contributed by atoms with Gasteiger partial charge < -0.3 is 5.11 Å². The summed E-state index contributed by atoms with van der Waals surface area (Å²) in [5.74, 6) is 0. The van der Waals surface area contributed by atoms with Gasteiger partial charge in [0.1, 0.15) is 0 Å².